The van der Waals surface area contributed by atoms with E-state index in [4.69, 9.17) is 0 Å². The summed E-state index contributed by atoms with van der Waals surface area (Å²) in [4.78, 5) is 0. The van der Waals surface area contributed by atoms with E-state index in [1.54, 1.807) is 0 Å². The van der Waals surface area contributed by atoms with Crippen LogP contribution < -0.4 is 0 Å². The van der Waals surface area contributed by atoms with Gasteiger partial charge in [-0.25, -0.2) is 0 Å². The van der Waals surface area contributed by atoms with E-state index in [2.05, 4.69) is 20.8 Å². The minimum Gasteiger partial charge on any atom is -0.390 e. The van der Waals surface area contributed by atoms with Crippen LogP contribution in [0.1, 0.15) is 46.5 Å². The molecule has 2 rings (SSSR count). The Kier molecular flexibility index (Phi) is 3.54. The van der Waals surface area contributed by atoms with Gasteiger partial charge in [-0.05, 0) is 43.4 Å². The lowest BCUT2D eigenvalue weighted by Crippen LogP contribution is -2.61. The van der Waals surface area contributed by atoms with E-state index < -0.39 is 17.8 Å². The molecule has 3 N–H and O–H groups in total. The summed E-state index contributed by atoms with van der Waals surface area (Å²) in [6, 6.07) is 0. The molecular formula is C14H26O3. The molecule has 0 aromatic rings. The van der Waals surface area contributed by atoms with E-state index in [9.17, 15) is 15.3 Å². The highest BCUT2D eigenvalue weighted by atomic mass is 16.3. The molecule has 2 aliphatic carbocycles. The third kappa shape index (κ3) is 2.02. The van der Waals surface area contributed by atoms with Gasteiger partial charge < -0.3 is 15.3 Å². The maximum Gasteiger partial charge on any atom is 0.0857 e. The zero-order valence-electron chi connectivity index (χ0n) is 11.1. The Morgan fingerprint density at radius 2 is 1.76 bits per heavy atom. The zero-order chi connectivity index (χ0) is 12.8. The van der Waals surface area contributed by atoms with Crippen LogP contribution in [0.2, 0.25) is 0 Å². The highest BCUT2D eigenvalue weighted by molar-refractivity contribution is 5.06. The summed E-state index contributed by atoms with van der Waals surface area (Å²) in [7, 11) is 0. The summed E-state index contributed by atoms with van der Waals surface area (Å²) < 4.78 is 0. The Morgan fingerprint density at radius 3 is 2.35 bits per heavy atom. The molecule has 2 saturated carbocycles. The van der Waals surface area contributed by atoms with E-state index in [1.165, 1.54) is 0 Å². The molecule has 3 heteroatoms. The maximum atomic E-state index is 10.9. The van der Waals surface area contributed by atoms with Crippen LogP contribution in [0.3, 0.4) is 0 Å². The van der Waals surface area contributed by atoms with Crippen LogP contribution in [0.4, 0.5) is 0 Å². The zero-order valence-corrected chi connectivity index (χ0v) is 11.1. The van der Waals surface area contributed by atoms with E-state index in [0.29, 0.717) is 24.7 Å². The van der Waals surface area contributed by atoms with Crippen LogP contribution in [0.5, 0.6) is 0 Å². The third-order valence-electron chi connectivity index (χ3n) is 5.28. The van der Waals surface area contributed by atoms with Gasteiger partial charge in [0.1, 0.15) is 0 Å². The third-order valence-corrected chi connectivity index (χ3v) is 5.28. The summed E-state index contributed by atoms with van der Waals surface area (Å²) in [5.74, 6) is 0.833. The second-order valence-electron chi connectivity index (χ2n) is 6.50. The first-order valence-electron chi connectivity index (χ1n) is 6.96. The summed E-state index contributed by atoms with van der Waals surface area (Å²) in [6.07, 6.45) is 1.80. The number of hydrogen-bond donors (Lipinski definition) is 3. The molecule has 17 heavy (non-hydrogen) atoms. The SMILES string of the molecule is CC(C)[C@@H]1CC[C@@H](C)[C@]2(O)CC[C@@H](O)[C@@H](O)[C@@H]12. The number of rotatable bonds is 1. The van der Waals surface area contributed by atoms with Gasteiger partial charge in [-0.1, -0.05) is 20.8 Å². The molecule has 0 spiro atoms. The van der Waals surface area contributed by atoms with Gasteiger partial charge in [-0.15, -0.1) is 0 Å². The Hall–Kier alpha value is -0.120. The fourth-order valence-corrected chi connectivity index (χ4v) is 4.07. The summed E-state index contributed by atoms with van der Waals surface area (Å²) in [5, 5.41) is 31.0. The predicted molar refractivity (Wildman–Crippen MR) is 66.4 cm³/mol. The van der Waals surface area contributed by atoms with Gasteiger partial charge >= 0.3 is 0 Å². The van der Waals surface area contributed by atoms with Crippen molar-refractivity contribution in [3.05, 3.63) is 0 Å². The van der Waals surface area contributed by atoms with Crippen LogP contribution in [-0.4, -0.2) is 33.1 Å². The van der Waals surface area contributed by atoms with Gasteiger partial charge in [-0.2, -0.15) is 0 Å². The van der Waals surface area contributed by atoms with Gasteiger partial charge in [0.05, 0.1) is 17.8 Å². The molecule has 0 aromatic heterocycles. The first-order valence-corrected chi connectivity index (χ1v) is 6.96. The highest BCUT2D eigenvalue weighted by Gasteiger charge is 2.55. The number of aliphatic hydroxyl groups is 3. The lowest BCUT2D eigenvalue weighted by molar-refractivity contribution is -0.209. The van der Waals surface area contributed by atoms with Crippen molar-refractivity contribution >= 4 is 0 Å². The quantitative estimate of drug-likeness (QED) is 0.654. The molecule has 0 bridgehead atoms. The van der Waals surface area contributed by atoms with Crippen LogP contribution in [0.25, 0.3) is 0 Å². The fraction of sp³-hybridized carbons (Fsp3) is 1.00. The highest BCUT2D eigenvalue weighted by Crippen LogP contribution is 2.51. The van der Waals surface area contributed by atoms with Gasteiger partial charge in [0.15, 0.2) is 0 Å². The van der Waals surface area contributed by atoms with Crippen LogP contribution >= 0.6 is 0 Å². The number of fused-ring (bicyclic) bond motifs is 1. The molecule has 0 saturated heterocycles. The van der Waals surface area contributed by atoms with Crippen molar-refractivity contribution in [3.8, 4) is 0 Å². The average molecular weight is 242 g/mol. The maximum absolute atomic E-state index is 10.9. The van der Waals surface area contributed by atoms with E-state index in [1.807, 2.05) is 0 Å². The van der Waals surface area contributed by atoms with Crippen molar-refractivity contribution in [1.29, 1.82) is 0 Å². The monoisotopic (exact) mass is 242 g/mol. The van der Waals surface area contributed by atoms with Crippen LogP contribution in [-0.2, 0) is 0 Å². The molecule has 0 aliphatic heterocycles. The van der Waals surface area contributed by atoms with Gasteiger partial charge in [0, 0.05) is 5.92 Å². The molecule has 0 aromatic carbocycles. The van der Waals surface area contributed by atoms with Crippen LogP contribution in [0, 0.1) is 23.7 Å². The first-order chi connectivity index (χ1) is 7.88. The summed E-state index contributed by atoms with van der Waals surface area (Å²) >= 11 is 0. The Bertz CT molecular complexity index is 279. The van der Waals surface area contributed by atoms with Gasteiger partial charge in [0.25, 0.3) is 0 Å². The molecule has 6 atom stereocenters. The molecule has 0 radical (unpaired) electrons. The van der Waals surface area contributed by atoms with Crippen molar-refractivity contribution in [2.24, 2.45) is 23.7 Å². The number of aliphatic hydroxyl groups excluding tert-OH is 2. The largest absolute Gasteiger partial charge is 0.390 e. The molecule has 2 fully saturated rings. The molecular weight excluding hydrogens is 216 g/mol. The normalized spacial score (nSPS) is 51.4. The van der Waals surface area contributed by atoms with E-state index in [0.717, 1.165) is 12.8 Å². The van der Waals surface area contributed by atoms with Crippen molar-refractivity contribution in [2.45, 2.75) is 64.3 Å². The van der Waals surface area contributed by atoms with E-state index >= 15 is 0 Å². The van der Waals surface area contributed by atoms with Crippen molar-refractivity contribution in [2.75, 3.05) is 0 Å². The lowest BCUT2D eigenvalue weighted by atomic mass is 9.55. The van der Waals surface area contributed by atoms with Crippen molar-refractivity contribution in [3.63, 3.8) is 0 Å². The van der Waals surface area contributed by atoms with Gasteiger partial charge in [0.2, 0.25) is 0 Å². The second-order valence-corrected chi connectivity index (χ2v) is 6.50. The molecule has 2 aliphatic rings. The average Bonchev–Trinajstić information content (AvgIpc) is 2.26. The minimum absolute atomic E-state index is 0.157. The summed E-state index contributed by atoms with van der Waals surface area (Å²) in [6.45, 7) is 6.37. The number of hydrogen-bond acceptors (Lipinski definition) is 3. The summed E-state index contributed by atoms with van der Waals surface area (Å²) in [5.41, 5.74) is -0.772. The van der Waals surface area contributed by atoms with Crippen LogP contribution in [0.15, 0.2) is 0 Å². The Labute approximate surface area is 104 Å². The second kappa shape index (κ2) is 4.52. The predicted octanol–water partition coefficient (Wildman–Crippen LogP) is 1.55. The minimum atomic E-state index is -0.772. The smallest absolute Gasteiger partial charge is 0.0857 e. The Balaban J connectivity index is 2.31. The molecule has 3 nitrogen and oxygen atoms in total. The Morgan fingerprint density at radius 1 is 1.12 bits per heavy atom. The molecule has 0 heterocycles. The van der Waals surface area contributed by atoms with E-state index in [-0.39, 0.29) is 11.8 Å². The topological polar surface area (TPSA) is 60.7 Å². The molecule has 0 amide bonds. The first kappa shape index (κ1) is 13.3. The van der Waals surface area contributed by atoms with Gasteiger partial charge in [-0.3, -0.25) is 0 Å². The lowest BCUT2D eigenvalue weighted by Gasteiger charge is -2.55. The fourth-order valence-electron chi connectivity index (χ4n) is 4.07. The van der Waals surface area contributed by atoms with Crippen molar-refractivity contribution < 1.29 is 15.3 Å². The molecule has 100 valence electrons. The van der Waals surface area contributed by atoms with Crippen molar-refractivity contribution in [1.82, 2.24) is 0 Å². The molecule has 0 unspecified atom stereocenters. The standard InChI is InChI=1S/C14H26O3/c1-8(2)10-5-4-9(3)14(17)7-6-11(15)13(16)12(10)14/h8-13,15-17H,4-7H2,1-3H3/t9-,10+,11-,12-,13-,14-/m1/s1.